The number of hydrogen-bond acceptors (Lipinski definition) is 5. The lowest BCUT2D eigenvalue weighted by Crippen LogP contribution is -2.49. The van der Waals surface area contributed by atoms with E-state index in [-0.39, 0.29) is 11.5 Å². The molecule has 31 heavy (non-hydrogen) atoms. The summed E-state index contributed by atoms with van der Waals surface area (Å²) >= 11 is 0. The Bertz CT molecular complexity index is 875. The minimum atomic E-state index is -3.16. The highest BCUT2D eigenvalue weighted by Crippen LogP contribution is 2.54. The zero-order valence-corrected chi connectivity index (χ0v) is 19.6. The van der Waals surface area contributed by atoms with Crippen LogP contribution in [0.2, 0.25) is 0 Å². The van der Waals surface area contributed by atoms with E-state index in [4.69, 9.17) is 9.47 Å². The third-order valence-electron chi connectivity index (χ3n) is 7.45. The first-order valence-electron chi connectivity index (χ1n) is 11.5. The second kappa shape index (κ2) is 8.64. The van der Waals surface area contributed by atoms with Gasteiger partial charge in [-0.25, -0.2) is 13.2 Å². The van der Waals surface area contributed by atoms with Gasteiger partial charge in [0.2, 0.25) is 0 Å². The monoisotopic (exact) mass is 449 g/mol. The van der Waals surface area contributed by atoms with Gasteiger partial charge in [0.05, 0.1) is 18.1 Å². The van der Waals surface area contributed by atoms with Gasteiger partial charge in [0.25, 0.3) is 0 Å². The fraction of sp³-hybridized carbons (Fsp3) is 0.708. The van der Waals surface area contributed by atoms with Crippen LogP contribution < -0.4 is 4.74 Å². The van der Waals surface area contributed by atoms with Crippen molar-refractivity contribution >= 4 is 15.9 Å². The topological polar surface area (TPSA) is 72.9 Å². The van der Waals surface area contributed by atoms with Crippen molar-refractivity contribution in [3.8, 4) is 5.75 Å². The highest BCUT2D eigenvalue weighted by molar-refractivity contribution is 7.90. The van der Waals surface area contributed by atoms with Crippen LogP contribution >= 0.6 is 0 Å². The molecule has 1 saturated heterocycles. The van der Waals surface area contributed by atoms with Gasteiger partial charge < -0.3 is 14.4 Å². The molecule has 1 heterocycles. The Kier molecular flexibility index (Phi) is 6.25. The third kappa shape index (κ3) is 5.73. The Morgan fingerprint density at radius 3 is 2.32 bits per heavy atom. The number of likely N-dealkylation sites (tertiary alicyclic amines) is 1. The summed E-state index contributed by atoms with van der Waals surface area (Å²) in [5.41, 5.74) is 0.684. The number of benzene rings is 1. The van der Waals surface area contributed by atoms with Crippen molar-refractivity contribution in [1.29, 1.82) is 0 Å². The van der Waals surface area contributed by atoms with Crippen molar-refractivity contribution < 1.29 is 22.7 Å². The van der Waals surface area contributed by atoms with Gasteiger partial charge in [-0.1, -0.05) is 6.92 Å². The van der Waals surface area contributed by atoms with Crippen LogP contribution in [0.4, 0.5) is 4.79 Å². The molecule has 0 radical (unpaired) electrons. The lowest BCUT2D eigenvalue weighted by molar-refractivity contribution is -0.0189. The Hall–Kier alpha value is -1.76. The number of rotatable bonds is 8. The maximum atomic E-state index is 12.3. The molecule has 0 unspecified atom stereocenters. The molecule has 3 fully saturated rings. The molecule has 172 valence electrons. The highest BCUT2D eigenvalue weighted by atomic mass is 32.2. The first kappa shape index (κ1) is 22.4. The summed E-state index contributed by atoms with van der Waals surface area (Å²) in [7, 11) is -3.16. The standard InChI is InChI=1S/C24H35NO5S/c1-23(9-10-23)18-30-22(26)25-13-11-24(12-14-25)16-19(17-24)4-3-15-29-20-5-7-21(8-6-20)31(2,27)28/h5-8,19H,3-4,9-18H2,1-2H3. The average molecular weight is 450 g/mol. The van der Waals surface area contributed by atoms with Crippen molar-refractivity contribution in [3.05, 3.63) is 24.3 Å². The number of amides is 1. The molecule has 7 heteroatoms. The van der Waals surface area contributed by atoms with Gasteiger partial charge >= 0.3 is 6.09 Å². The summed E-state index contributed by atoms with van der Waals surface area (Å²) in [6, 6.07) is 6.63. The van der Waals surface area contributed by atoms with Crippen molar-refractivity contribution in [2.24, 2.45) is 16.7 Å². The SMILES string of the molecule is CC1(COC(=O)N2CCC3(CC2)CC(CCCOc2ccc(S(C)(=O)=O)cc2)C3)CC1. The van der Waals surface area contributed by atoms with Crippen molar-refractivity contribution in [1.82, 2.24) is 4.90 Å². The van der Waals surface area contributed by atoms with Gasteiger partial charge in [0.1, 0.15) is 5.75 Å². The number of sulfone groups is 1. The predicted molar refractivity (Wildman–Crippen MR) is 119 cm³/mol. The van der Waals surface area contributed by atoms with Gasteiger partial charge in [0.15, 0.2) is 9.84 Å². The van der Waals surface area contributed by atoms with E-state index in [0.29, 0.717) is 29.3 Å². The third-order valence-corrected chi connectivity index (χ3v) is 8.58. The zero-order chi connectivity index (χ0) is 22.1. The molecule has 0 bridgehead atoms. The molecule has 1 spiro atoms. The van der Waals surface area contributed by atoms with E-state index in [2.05, 4.69) is 6.92 Å². The van der Waals surface area contributed by atoms with E-state index in [1.54, 1.807) is 24.3 Å². The van der Waals surface area contributed by atoms with Crippen LogP contribution in [-0.2, 0) is 14.6 Å². The minimum absolute atomic E-state index is 0.124. The second-order valence-electron chi connectivity index (χ2n) is 10.4. The van der Waals surface area contributed by atoms with E-state index in [1.807, 2.05) is 4.90 Å². The normalized spacial score (nSPS) is 22.1. The largest absolute Gasteiger partial charge is 0.494 e. The number of hydrogen-bond donors (Lipinski definition) is 0. The molecule has 2 saturated carbocycles. The maximum absolute atomic E-state index is 12.3. The molecule has 1 amide bonds. The van der Waals surface area contributed by atoms with Crippen LogP contribution in [0.5, 0.6) is 5.75 Å². The van der Waals surface area contributed by atoms with Gasteiger partial charge in [-0.15, -0.1) is 0 Å². The zero-order valence-electron chi connectivity index (χ0n) is 18.8. The Balaban J connectivity index is 1.09. The Morgan fingerprint density at radius 2 is 1.74 bits per heavy atom. The molecule has 6 nitrogen and oxygen atoms in total. The first-order valence-corrected chi connectivity index (χ1v) is 13.4. The van der Waals surface area contributed by atoms with Crippen LogP contribution in [0.15, 0.2) is 29.2 Å². The van der Waals surface area contributed by atoms with Crippen LogP contribution in [-0.4, -0.2) is 52.0 Å². The van der Waals surface area contributed by atoms with Gasteiger partial charge in [-0.05, 0) is 87.0 Å². The molecule has 1 aliphatic heterocycles. The molecule has 1 aromatic rings. The van der Waals surface area contributed by atoms with Gasteiger partial charge in [-0.2, -0.15) is 0 Å². The summed E-state index contributed by atoms with van der Waals surface area (Å²) in [4.78, 5) is 14.5. The summed E-state index contributed by atoms with van der Waals surface area (Å²) in [6.07, 6.45) is 10.3. The number of carbonyl (C=O) groups excluding carboxylic acids is 1. The predicted octanol–water partition coefficient (Wildman–Crippen LogP) is 4.68. The van der Waals surface area contributed by atoms with E-state index < -0.39 is 9.84 Å². The lowest BCUT2D eigenvalue weighted by atomic mass is 9.56. The Labute approximate surface area is 186 Å². The summed E-state index contributed by atoms with van der Waals surface area (Å²) in [5.74, 6) is 1.47. The summed E-state index contributed by atoms with van der Waals surface area (Å²) < 4.78 is 34.3. The van der Waals surface area contributed by atoms with Crippen LogP contribution in [0.25, 0.3) is 0 Å². The first-order chi connectivity index (χ1) is 14.7. The molecular weight excluding hydrogens is 414 g/mol. The fourth-order valence-electron chi connectivity index (χ4n) is 4.97. The van der Waals surface area contributed by atoms with Crippen molar-refractivity contribution in [3.63, 3.8) is 0 Å². The number of ether oxygens (including phenoxy) is 2. The van der Waals surface area contributed by atoms with Gasteiger partial charge in [0, 0.05) is 24.8 Å². The quantitative estimate of drug-likeness (QED) is 0.539. The molecule has 3 aliphatic rings. The highest BCUT2D eigenvalue weighted by Gasteiger charge is 2.46. The molecular formula is C24H35NO5S. The molecule has 4 rings (SSSR count). The Morgan fingerprint density at radius 1 is 1.10 bits per heavy atom. The lowest BCUT2D eigenvalue weighted by Gasteiger charge is -2.52. The van der Waals surface area contributed by atoms with E-state index in [0.717, 1.165) is 44.7 Å². The van der Waals surface area contributed by atoms with Crippen LogP contribution in [0.1, 0.15) is 58.3 Å². The molecule has 1 aromatic carbocycles. The van der Waals surface area contributed by atoms with E-state index >= 15 is 0 Å². The smallest absolute Gasteiger partial charge is 0.409 e. The number of piperidine rings is 1. The van der Waals surface area contributed by atoms with Crippen molar-refractivity contribution in [2.45, 2.75) is 63.2 Å². The van der Waals surface area contributed by atoms with Crippen molar-refractivity contribution in [2.75, 3.05) is 32.6 Å². The second-order valence-corrected chi connectivity index (χ2v) is 12.4. The molecule has 0 aromatic heterocycles. The molecule has 0 N–H and O–H groups in total. The number of nitrogens with zero attached hydrogens (tertiary/aromatic N) is 1. The maximum Gasteiger partial charge on any atom is 0.409 e. The van der Waals surface area contributed by atoms with Gasteiger partial charge in [-0.3, -0.25) is 0 Å². The van der Waals surface area contributed by atoms with Crippen LogP contribution in [0, 0.1) is 16.7 Å². The minimum Gasteiger partial charge on any atom is -0.494 e. The van der Waals surface area contributed by atoms with E-state index in [9.17, 15) is 13.2 Å². The summed E-state index contributed by atoms with van der Waals surface area (Å²) in [5, 5.41) is 0. The average Bonchev–Trinajstić information content (AvgIpc) is 3.45. The van der Waals surface area contributed by atoms with E-state index in [1.165, 1.54) is 31.9 Å². The molecule has 0 atom stereocenters. The molecule has 2 aliphatic carbocycles. The summed E-state index contributed by atoms with van der Waals surface area (Å²) in [6.45, 7) is 5.06. The fourth-order valence-corrected chi connectivity index (χ4v) is 5.60. The number of carbonyl (C=O) groups is 1. The van der Waals surface area contributed by atoms with Crippen LogP contribution in [0.3, 0.4) is 0 Å².